The summed E-state index contributed by atoms with van der Waals surface area (Å²) in [5.74, 6) is 0.467. The van der Waals surface area contributed by atoms with E-state index in [-0.39, 0.29) is 0 Å². The van der Waals surface area contributed by atoms with Gasteiger partial charge in [0.05, 0.1) is 0 Å². The van der Waals surface area contributed by atoms with Gasteiger partial charge in [-0.3, -0.25) is 0 Å². The van der Waals surface area contributed by atoms with E-state index < -0.39 is 0 Å². The van der Waals surface area contributed by atoms with Gasteiger partial charge in [-0.2, -0.15) is 0 Å². The second-order valence-electron chi connectivity index (χ2n) is 3.66. The van der Waals surface area contributed by atoms with Gasteiger partial charge in [-0.25, -0.2) is 0 Å². The van der Waals surface area contributed by atoms with Crippen LogP contribution in [0, 0.1) is 0 Å². The Labute approximate surface area is 87.0 Å². The third kappa shape index (κ3) is 2.35. The summed E-state index contributed by atoms with van der Waals surface area (Å²) >= 11 is 0. The summed E-state index contributed by atoms with van der Waals surface area (Å²) in [6, 6.07) is 8.55. The molecular weight excluding hydrogens is 168 g/mol. The molecule has 0 aliphatic carbocycles. The quantitative estimate of drug-likeness (QED) is 0.611. The summed E-state index contributed by atoms with van der Waals surface area (Å²) in [5, 5.41) is 0. The Morgan fingerprint density at radius 3 is 2.71 bits per heavy atom. The molecule has 0 aromatic heterocycles. The third-order valence-corrected chi connectivity index (χ3v) is 2.53. The fraction of sp³-hybridized carbons (Fsp3) is 0.286. The monoisotopic (exact) mass is 186 g/mol. The molecule has 1 aromatic carbocycles. The fourth-order valence-corrected chi connectivity index (χ4v) is 1.57. The first-order chi connectivity index (χ1) is 6.69. The zero-order valence-corrected chi connectivity index (χ0v) is 9.09. The first-order valence-corrected chi connectivity index (χ1v) is 5.07. The second kappa shape index (κ2) is 4.80. The normalized spacial score (nSPS) is 12.1. The Bertz CT molecular complexity index is 334. The summed E-state index contributed by atoms with van der Waals surface area (Å²) < 4.78 is 0. The molecule has 0 aliphatic rings. The number of allylic oxidation sites excluding steroid dienone is 2. The van der Waals surface area contributed by atoms with Crippen LogP contribution in [0.5, 0.6) is 0 Å². The molecule has 0 heterocycles. The molecule has 0 nitrogen and oxygen atoms in total. The van der Waals surface area contributed by atoms with Gasteiger partial charge in [0.1, 0.15) is 0 Å². The van der Waals surface area contributed by atoms with E-state index in [1.54, 1.807) is 0 Å². The smallest absolute Gasteiger partial charge is 0.00128 e. The Hall–Kier alpha value is -1.30. The molecular formula is C14H18. The first-order valence-electron chi connectivity index (χ1n) is 5.07. The molecule has 0 spiro atoms. The third-order valence-electron chi connectivity index (χ3n) is 2.53. The van der Waals surface area contributed by atoms with E-state index in [0.717, 1.165) is 12.0 Å². The Morgan fingerprint density at radius 1 is 1.50 bits per heavy atom. The minimum Gasteiger partial charge on any atom is -0.102 e. The molecule has 0 saturated carbocycles. The van der Waals surface area contributed by atoms with Crippen molar-refractivity contribution in [1.29, 1.82) is 0 Å². The molecule has 1 unspecified atom stereocenters. The SMILES string of the molecule is C=CC(CC)c1cccc(C(=C)C)c1. The Balaban J connectivity index is 3.03. The molecule has 0 bridgehead atoms. The van der Waals surface area contributed by atoms with Crippen LogP contribution in [0.25, 0.3) is 5.57 Å². The van der Waals surface area contributed by atoms with Crippen LogP contribution < -0.4 is 0 Å². The number of rotatable bonds is 4. The summed E-state index contributed by atoms with van der Waals surface area (Å²) in [6.07, 6.45) is 3.11. The zero-order chi connectivity index (χ0) is 10.6. The van der Waals surface area contributed by atoms with Crippen LogP contribution in [-0.2, 0) is 0 Å². The molecule has 0 N–H and O–H groups in total. The lowest BCUT2D eigenvalue weighted by molar-refractivity contribution is 0.807. The number of hydrogen-bond donors (Lipinski definition) is 0. The minimum atomic E-state index is 0.467. The van der Waals surface area contributed by atoms with Gasteiger partial charge in [0.25, 0.3) is 0 Å². The van der Waals surface area contributed by atoms with Crippen LogP contribution >= 0.6 is 0 Å². The molecule has 14 heavy (non-hydrogen) atoms. The summed E-state index contributed by atoms with van der Waals surface area (Å²) in [6.45, 7) is 12.0. The maximum absolute atomic E-state index is 3.95. The summed E-state index contributed by atoms with van der Waals surface area (Å²) in [5.41, 5.74) is 3.68. The van der Waals surface area contributed by atoms with E-state index in [4.69, 9.17) is 0 Å². The lowest BCUT2D eigenvalue weighted by Gasteiger charge is -2.11. The second-order valence-corrected chi connectivity index (χ2v) is 3.66. The van der Waals surface area contributed by atoms with E-state index in [9.17, 15) is 0 Å². The maximum Gasteiger partial charge on any atom is 0.00128 e. The molecule has 1 aromatic rings. The number of hydrogen-bond acceptors (Lipinski definition) is 0. The van der Waals surface area contributed by atoms with Crippen LogP contribution in [0.2, 0.25) is 0 Å². The van der Waals surface area contributed by atoms with Crippen LogP contribution in [0.3, 0.4) is 0 Å². The zero-order valence-electron chi connectivity index (χ0n) is 9.09. The van der Waals surface area contributed by atoms with Gasteiger partial charge in [0.2, 0.25) is 0 Å². The summed E-state index contributed by atoms with van der Waals surface area (Å²) in [4.78, 5) is 0. The molecule has 1 atom stereocenters. The topological polar surface area (TPSA) is 0 Å². The van der Waals surface area contributed by atoms with Crippen molar-refractivity contribution >= 4 is 5.57 Å². The minimum absolute atomic E-state index is 0.467. The van der Waals surface area contributed by atoms with Crippen LogP contribution in [0.15, 0.2) is 43.5 Å². The van der Waals surface area contributed by atoms with Crippen molar-refractivity contribution in [2.24, 2.45) is 0 Å². The summed E-state index contributed by atoms with van der Waals surface area (Å²) in [7, 11) is 0. The molecule has 74 valence electrons. The average molecular weight is 186 g/mol. The Morgan fingerprint density at radius 2 is 2.21 bits per heavy atom. The van der Waals surface area contributed by atoms with E-state index in [0.29, 0.717) is 5.92 Å². The van der Waals surface area contributed by atoms with Gasteiger partial charge in [-0.15, -0.1) is 6.58 Å². The Kier molecular flexibility index (Phi) is 3.70. The van der Waals surface area contributed by atoms with Crippen LogP contribution in [0.4, 0.5) is 0 Å². The highest BCUT2D eigenvalue weighted by Gasteiger charge is 2.05. The van der Waals surface area contributed by atoms with Crippen LogP contribution in [0.1, 0.15) is 37.3 Å². The van der Waals surface area contributed by atoms with Crippen LogP contribution in [-0.4, -0.2) is 0 Å². The van der Waals surface area contributed by atoms with E-state index in [1.807, 2.05) is 13.0 Å². The highest BCUT2D eigenvalue weighted by Crippen LogP contribution is 2.23. The lowest BCUT2D eigenvalue weighted by Crippen LogP contribution is -1.93. The standard InChI is InChI=1S/C14H18/c1-5-12(6-2)14-9-7-8-13(10-14)11(3)4/h5,7-10,12H,1,3,6H2,2,4H3. The lowest BCUT2D eigenvalue weighted by atomic mass is 9.94. The van der Waals surface area contributed by atoms with Gasteiger partial charge < -0.3 is 0 Å². The van der Waals surface area contributed by atoms with Crippen molar-refractivity contribution in [1.82, 2.24) is 0 Å². The molecule has 1 rings (SSSR count). The molecule has 0 radical (unpaired) electrons. The van der Waals surface area contributed by atoms with Crippen molar-refractivity contribution in [2.45, 2.75) is 26.2 Å². The molecule has 0 heteroatoms. The van der Waals surface area contributed by atoms with Gasteiger partial charge in [-0.1, -0.05) is 49.4 Å². The van der Waals surface area contributed by atoms with Crippen molar-refractivity contribution < 1.29 is 0 Å². The van der Waals surface area contributed by atoms with Gasteiger partial charge in [0.15, 0.2) is 0 Å². The molecule has 0 fully saturated rings. The molecule has 0 amide bonds. The van der Waals surface area contributed by atoms with Gasteiger partial charge in [-0.05, 0) is 24.5 Å². The fourth-order valence-electron chi connectivity index (χ4n) is 1.57. The van der Waals surface area contributed by atoms with E-state index in [1.165, 1.54) is 11.1 Å². The average Bonchev–Trinajstić information content (AvgIpc) is 2.20. The van der Waals surface area contributed by atoms with Crippen molar-refractivity contribution in [3.8, 4) is 0 Å². The molecule has 0 saturated heterocycles. The van der Waals surface area contributed by atoms with Gasteiger partial charge >= 0.3 is 0 Å². The van der Waals surface area contributed by atoms with Crippen molar-refractivity contribution in [2.75, 3.05) is 0 Å². The van der Waals surface area contributed by atoms with Gasteiger partial charge in [0, 0.05) is 5.92 Å². The molecule has 0 aliphatic heterocycles. The highest BCUT2D eigenvalue weighted by atomic mass is 14.1. The predicted molar refractivity (Wildman–Crippen MR) is 64.4 cm³/mol. The van der Waals surface area contributed by atoms with Crippen molar-refractivity contribution in [3.05, 3.63) is 54.6 Å². The first kappa shape index (κ1) is 10.8. The number of benzene rings is 1. The highest BCUT2D eigenvalue weighted by molar-refractivity contribution is 5.62. The maximum atomic E-state index is 3.95. The largest absolute Gasteiger partial charge is 0.102 e. The van der Waals surface area contributed by atoms with E-state index >= 15 is 0 Å². The van der Waals surface area contributed by atoms with E-state index in [2.05, 4.69) is 44.3 Å². The van der Waals surface area contributed by atoms with Crippen molar-refractivity contribution in [3.63, 3.8) is 0 Å². The predicted octanol–water partition coefficient (Wildman–Crippen LogP) is 4.40.